The van der Waals surface area contributed by atoms with E-state index in [4.69, 9.17) is 4.42 Å². The van der Waals surface area contributed by atoms with Crippen LogP contribution < -0.4 is 4.90 Å². The molecule has 0 radical (unpaired) electrons. The van der Waals surface area contributed by atoms with Crippen molar-refractivity contribution in [1.29, 1.82) is 0 Å². The van der Waals surface area contributed by atoms with E-state index < -0.39 is 34.2 Å². The maximum atomic E-state index is 13.7. The van der Waals surface area contributed by atoms with Crippen LogP contribution in [0.2, 0.25) is 0 Å². The smallest absolute Gasteiger partial charge is 0.296 e. The van der Waals surface area contributed by atoms with Crippen molar-refractivity contribution in [1.82, 2.24) is 4.98 Å². The van der Waals surface area contributed by atoms with Crippen molar-refractivity contribution in [3.63, 3.8) is 0 Å². The van der Waals surface area contributed by atoms with Crippen molar-refractivity contribution in [3.8, 4) is 0 Å². The lowest BCUT2D eigenvalue weighted by Crippen LogP contribution is -2.31. The number of aliphatic hydroxyl groups is 1. The van der Waals surface area contributed by atoms with Crippen molar-refractivity contribution in [2.75, 3.05) is 4.90 Å². The third-order valence-corrected chi connectivity index (χ3v) is 6.16. The Bertz CT molecular complexity index is 1480. The fourth-order valence-electron chi connectivity index (χ4n) is 3.69. The Balaban J connectivity index is 1.70. The lowest BCUT2D eigenvalue weighted by atomic mass is 9.95. The highest BCUT2D eigenvalue weighted by Gasteiger charge is 2.46. The van der Waals surface area contributed by atoms with Gasteiger partial charge < -0.3 is 9.52 Å². The zero-order chi connectivity index (χ0) is 23.3. The fraction of sp³-hybridized carbons (Fsp3) is 0.0455. The van der Waals surface area contributed by atoms with Crippen LogP contribution in [0, 0.1) is 15.9 Å². The summed E-state index contributed by atoms with van der Waals surface area (Å²) in [6, 6.07) is 10.9. The second-order valence-electron chi connectivity index (χ2n) is 7.11. The van der Waals surface area contributed by atoms with E-state index in [1.165, 1.54) is 60.9 Å². The second kappa shape index (κ2) is 7.64. The molecule has 0 saturated heterocycles. The standard InChI is InChI=1S/C22H12FN3O6S/c23-12-6-7-14-16(10-12)33-22(24-14)25-18(11-3-1-4-13(9-11)26(30)31)17(20(28)21(25)29)19(27)15-5-2-8-32-15/h1-10,18,28H/t18-/m1/s1. The number of furan rings is 1. The number of thiazole rings is 1. The van der Waals surface area contributed by atoms with Gasteiger partial charge in [0.2, 0.25) is 5.78 Å². The van der Waals surface area contributed by atoms with E-state index in [-0.39, 0.29) is 27.7 Å². The average Bonchev–Trinajstić information content (AvgIpc) is 3.52. The Labute approximate surface area is 188 Å². The van der Waals surface area contributed by atoms with Crippen LogP contribution in [0.25, 0.3) is 10.2 Å². The molecule has 0 unspecified atom stereocenters. The van der Waals surface area contributed by atoms with E-state index in [2.05, 4.69) is 4.98 Å². The van der Waals surface area contributed by atoms with Gasteiger partial charge in [0.15, 0.2) is 16.7 Å². The highest BCUT2D eigenvalue weighted by atomic mass is 32.1. The minimum atomic E-state index is -1.22. The Morgan fingerprint density at radius 2 is 2.03 bits per heavy atom. The van der Waals surface area contributed by atoms with E-state index in [1.54, 1.807) is 0 Å². The van der Waals surface area contributed by atoms with Gasteiger partial charge in [-0.3, -0.25) is 24.6 Å². The first-order chi connectivity index (χ1) is 15.8. The molecule has 9 nitrogen and oxygen atoms in total. The molecule has 1 amide bonds. The minimum absolute atomic E-state index is 0.0888. The Morgan fingerprint density at radius 1 is 1.21 bits per heavy atom. The molecule has 0 saturated carbocycles. The van der Waals surface area contributed by atoms with Crippen LogP contribution in [0.1, 0.15) is 22.2 Å². The van der Waals surface area contributed by atoms with Gasteiger partial charge >= 0.3 is 0 Å². The number of fused-ring (bicyclic) bond motifs is 1. The number of anilines is 1. The summed E-state index contributed by atoms with van der Waals surface area (Å²) in [4.78, 5) is 42.5. The van der Waals surface area contributed by atoms with Crippen LogP contribution in [0.5, 0.6) is 0 Å². The van der Waals surface area contributed by atoms with Gasteiger partial charge in [0.05, 0.1) is 33.0 Å². The lowest BCUT2D eigenvalue weighted by Gasteiger charge is -2.24. The fourth-order valence-corrected chi connectivity index (χ4v) is 4.71. The molecule has 3 heterocycles. The lowest BCUT2D eigenvalue weighted by molar-refractivity contribution is -0.384. The maximum Gasteiger partial charge on any atom is 0.296 e. The van der Waals surface area contributed by atoms with Gasteiger partial charge in [0.25, 0.3) is 11.6 Å². The molecule has 0 bridgehead atoms. The number of rotatable bonds is 5. The van der Waals surface area contributed by atoms with Gasteiger partial charge in [0.1, 0.15) is 5.82 Å². The van der Waals surface area contributed by atoms with Gasteiger partial charge in [0, 0.05) is 12.1 Å². The summed E-state index contributed by atoms with van der Waals surface area (Å²) in [5, 5.41) is 22.1. The van der Waals surface area contributed by atoms with Crippen molar-refractivity contribution in [3.05, 3.63) is 99.4 Å². The van der Waals surface area contributed by atoms with Gasteiger partial charge in [-0.15, -0.1) is 0 Å². The summed E-state index contributed by atoms with van der Waals surface area (Å²) in [5.41, 5.74) is 0.0533. The number of hydrogen-bond acceptors (Lipinski definition) is 8. The summed E-state index contributed by atoms with van der Waals surface area (Å²) in [6.07, 6.45) is 1.27. The molecule has 0 fully saturated rings. The minimum Gasteiger partial charge on any atom is -0.503 e. The normalized spacial score (nSPS) is 16.1. The van der Waals surface area contributed by atoms with Crippen molar-refractivity contribution in [2.45, 2.75) is 6.04 Å². The Hall–Kier alpha value is -4.38. The number of halogens is 1. The van der Waals surface area contributed by atoms with Crippen molar-refractivity contribution in [2.24, 2.45) is 0 Å². The summed E-state index contributed by atoms with van der Waals surface area (Å²) < 4.78 is 19.3. The van der Waals surface area contributed by atoms with E-state index >= 15 is 0 Å². The first kappa shape index (κ1) is 20.5. The van der Waals surface area contributed by atoms with E-state index in [9.17, 15) is 29.2 Å². The van der Waals surface area contributed by atoms with E-state index in [0.717, 1.165) is 16.2 Å². The monoisotopic (exact) mass is 465 g/mol. The highest BCUT2D eigenvalue weighted by Crippen LogP contribution is 2.44. The van der Waals surface area contributed by atoms with Crippen molar-refractivity contribution < 1.29 is 28.4 Å². The number of hydrogen-bond donors (Lipinski definition) is 1. The number of aromatic nitrogens is 1. The molecule has 1 atom stereocenters. The molecule has 4 aromatic rings. The van der Waals surface area contributed by atoms with Gasteiger partial charge in [-0.2, -0.15) is 0 Å². The third kappa shape index (κ3) is 3.34. The number of Topliss-reactive ketones (excluding diaryl/α,β-unsaturated/α-hetero) is 1. The van der Waals surface area contributed by atoms with Crippen LogP contribution in [-0.2, 0) is 4.79 Å². The maximum absolute atomic E-state index is 13.7. The van der Waals surface area contributed by atoms with Crippen LogP contribution in [-0.4, -0.2) is 26.7 Å². The molecule has 0 spiro atoms. The first-order valence-electron chi connectivity index (χ1n) is 9.50. The molecular formula is C22H12FN3O6S. The number of carbonyl (C=O) groups is 2. The number of nitro groups is 1. The number of aliphatic hydroxyl groups excluding tert-OH is 1. The highest BCUT2D eigenvalue weighted by molar-refractivity contribution is 7.22. The van der Waals surface area contributed by atoms with Gasteiger partial charge in [-0.25, -0.2) is 9.37 Å². The van der Waals surface area contributed by atoms with Gasteiger partial charge in [-0.05, 0) is 35.9 Å². The number of amides is 1. The van der Waals surface area contributed by atoms with Crippen LogP contribution in [0.4, 0.5) is 15.2 Å². The Morgan fingerprint density at radius 3 is 2.76 bits per heavy atom. The molecule has 2 aromatic heterocycles. The van der Waals surface area contributed by atoms with Gasteiger partial charge in [-0.1, -0.05) is 23.5 Å². The predicted molar refractivity (Wildman–Crippen MR) is 116 cm³/mol. The van der Waals surface area contributed by atoms with Crippen molar-refractivity contribution >= 4 is 44.1 Å². The van der Waals surface area contributed by atoms with Crippen LogP contribution in [0.3, 0.4) is 0 Å². The summed E-state index contributed by atoms with van der Waals surface area (Å²) in [6.45, 7) is 0. The summed E-state index contributed by atoms with van der Waals surface area (Å²) >= 11 is 0.982. The zero-order valence-corrected chi connectivity index (χ0v) is 17.3. The average molecular weight is 465 g/mol. The summed E-state index contributed by atoms with van der Waals surface area (Å²) in [5.74, 6) is -3.10. The molecule has 1 N–H and O–H groups in total. The first-order valence-corrected chi connectivity index (χ1v) is 10.3. The topological polar surface area (TPSA) is 127 Å². The quantitative estimate of drug-likeness (QED) is 0.257. The SMILES string of the molecule is O=C(C1=C(O)C(=O)N(c2nc3ccc(F)cc3s2)[C@@H]1c1cccc([N+](=O)[O-])c1)c1ccco1. The molecular weight excluding hydrogens is 453 g/mol. The number of benzene rings is 2. The number of ketones is 1. The molecule has 11 heteroatoms. The summed E-state index contributed by atoms with van der Waals surface area (Å²) in [7, 11) is 0. The number of nitro benzene ring substituents is 1. The second-order valence-corrected chi connectivity index (χ2v) is 8.12. The third-order valence-electron chi connectivity index (χ3n) is 5.14. The number of non-ortho nitro benzene ring substituents is 1. The molecule has 5 rings (SSSR count). The number of carbonyl (C=O) groups excluding carboxylic acids is 2. The molecule has 164 valence electrons. The largest absolute Gasteiger partial charge is 0.503 e. The Kier molecular flexibility index (Phi) is 4.75. The van der Waals surface area contributed by atoms with E-state index in [0.29, 0.717) is 10.2 Å². The molecule has 2 aromatic carbocycles. The molecule has 0 aliphatic carbocycles. The molecule has 1 aliphatic heterocycles. The van der Waals surface area contributed by atoms with Crippen LogP contribution >= 0.6 is 11.3 Å². The molecule has 33 heavy (non-hydrogen) atoms. The predicted octanol–water partition coefficient (Wildman–Crippen LogP) is 4.72. The van der Waals surface area contributed by atoms with Crippen LogP contribution in [0.15, 0.2) is 76.6 Å². The van der Waals surface area contributed by atoms with E-state index in [1.807, 2.05) is 0 Å². The number of nitrogens with zero attached hydrogens (tertiary/aromatic N) is 3. The zero-order valence-electron chi connectivity index (χ0n) is 16.5. The molecule has 1 aliphatic rings.